The van der Waals surface area contributed by atoms with Crippen LogP contribution in [0.3, 0.4) is 0 Å². The van der Waals surface area contributed by atoms with Gasteiger partial charge in [-0.15, -0.1) is 0 Å². The van der Waals surface area contributed by atoms with Crippen LogP contribution in [0.25, 0.3) is 0 Å². The van der Waals surface area contributed by atoms with Crippen molar-refractivity contribution in [1.82, 2.24) is 5.32 Å². The van der Waals surface area contributed by atoms with E-state index < -0.39 is 10.0 Å². The van der Waals surface area contributed by atoms with Crippen molar-refractivity contribution in [3.8, 4) is 5.75 Å². The molecular weight excluding hydrogens is 472 g/mol. The lowest BCUT2D eigenvalue weighted by Crippen LogP contribution is -2.42. The SMILES string of the molecule is CC[C@H](NC(=O)CN(c1ccc(C(C)C)cc1)S(=O)(=O)c1ccc(C)cc1)c1ccc(OC)c(C)c1. The number of sulfonamides is 1. The molecule has 1 N–H and O–H groups in total. The number of carbonyl (C=O) groups is 1. The van der Waals surface area contributed by atoms with E-state index in [0.717, 1.165) is 28.0 Å². The zero-order chi connectivity index (χ0) is 26.5. The average molecular weight is 509 g/mol. The Hall–Kier alpha value is -3.32. The van der Waals surface area contributed by atoms with Crippen LogP contribution in [0, 0.1) is 13.8 Å². The lowest BCUT2D eigenvalue weighted by Gasteiger charge is -2.26. The normalized spacial score (nSPS) is 12.3. The Morgan fingerprint density at radius 1 is 0.944 bits per heavy atom. The molecule has 0 unspecified atom stereocenters. The number of carbonyl (C=O) groups excluding carboxylic acids is 1. The maximum absolute atomic E-state index is 13.7. The summed E-state index contributed by atoms with van der Waals surface area (Å²) in [7, 11) is -2.34. The highest BCUT2D eigenvalue weighted by molar-refractivity contribution is 7.92. The molecule has 0 saturated carbocycles. The summed E-state index contributed by atoms with van der Waals surface area (Å²) in [5.41, 5.74) is 4.41. The van der Waals surface area contributed by atoms with Gasteiger partial charge >= 0.3 is 0 Å². The van der Waals surface area contributed by atoms with Gasteiger partial charge in [-0.2, -0.15) is 0 Å². The van der Waals surface area contributed by atoms with E-state index in [2.05, 4.69) is 19.2 Å². The van der Waals surface area contributed by atoms with E-state index in [0.29, 0.717) is 18.0 Å². The number of amides is 1. The van der Waals surface area contributed by atoms with Gasteiger partial charge < -0.3 is 10.1 Å². The number of hydrogen-bond acceptors (Lipinski definition) is 4. The van der Waals surface area contributed by atoms with E-state index in [9.17, 15) is 13.2 Å². The van der Waals surface area contributed by atoms with Crippen LogP contribution in [0.4, 0.5) is 5.69 Å². The molecule has 36 heavy (non-hydrogen) atoms. The van der Waals surface area contributed by atoms with Gasteiger partial charge in [0.1, 0.15) is 12.3 Å². The number of nitrogens with one attached hydrogen (secondary N) is 1. The summed E-state index contributed by atoms with van der Waals surface area (Å²) < 4.78 is 33.9. The molecule has 6 nitrogen and oxygen atoms in total. The Balaban J connectivity index is 1.92. The number of nitrogens with zero attached hydrogens (tertiary/aromatic N) is 1. The molecule has 0 bridgehead atoms. The van der Waals surface area contributed by atoms with E-state index in [4.69, 9.17) is 4.74 Å². The zero-order valence-electron chi connectivity index (χ0n) is 21.9. The van der Waals surface area contributed by atoms with Crippen molar-refractivity contribution in [3.63, 3.8) is 0 Å². The van der Waals surface area contributed by atoms with Gasteiger partial charge in [0.15, 0.2) is 0 Å². The summed E-state index contributed by atoms with van der Waals surface area (Å²) >= 11 is 0. The summed E-state index contributed by atoms with van der Waals surface area (Å²) in [6.45, 7) is 9.66. The molecule has 0 aromatic heterocycles. The quantitative estimate of drug-likeness (QED) is 0.370. The van der Waals surface area contributed by atoms with Crippen LogP contribution < -0.4 is 14.4 Å². The second-order valence-electron chi connectivity index (χ2n) is 9.33. The minimum absolute atomic E-state index is 0.145. The van der Waals surface area contributed by atoms with Crippen molar-refractivity contribution in [2.45, 2.75) is 57.9 Å². The molecule has 0 aliphatic rings. The van der Waals surface area contributed by atoms with Crippen LogP contribution in [-0.2, 0) is 14.8 Å². The first kappa shape index (κ1) is 27.3. The molecular formula is C29H36N2O4S. The molecule has 3 aromatic carbocycles. The Kier molecular flexibility index (Phi) is 8.79. The van der Waals surface area contributed by atoms with E-state index in [-0.39, 0.29) is 23.4 Å². The topological polar surface area (TPSA) is 75.7 Å². The third-order valence-corrected chi connectivity index (χ3v) is 8.10. The van der Waals surface area contributed by atoms with E-state index >= 15 is 0 Å². The molecule has 0 saturated heterocycles. The van der Waals surface area contributed by atoms with Crippen LogP contribution >= 0.6 is 0 Å². The Morgan fingerprint density at radius 2 is 1.56 bits per heavy atom. The molecule has 0 spiro atoms. The molecule has 3 rings (SSSR count). The number of ether oxygens (including phenoxy) is 1. The molecule has 0 fully saturated rings. The number of rotatable bonds is 10. The maximum atomic E-state index is 13.7. The Morgan fingerprint density at radius 3 is 2.08 bits per heavy atom. The first-order chi connectivity index (χ1) is 17.1. The molecule has 0 radical (unpaired) electrons. The fourth-order valence-electron chi connectivity index (χ4n) is 4.09. The third-order valence-electron chi connectivity index (χ3n) is 6.31. The lowest BCUT2D eigenvalue weighted by molar-refractivity contribution is -0.120. The smallest absolute Gasteiger partial charge is 0.264 e. The second-order valence-corrected chi connectivity index (χ2v) is 11.2. The van der Waals surface area contributed by atoms with Crippen LogP contribution in [0.5, 0.6) is 5.75 Å². The molecule has 1 atom stereocenters. The highest BCUT2D eigenvalue weighted by atomic mass is 32.2. The first-order valence-corrected chi connectivity index (χ1v) is 13.6. The zero-order valence-corrected chi connectivity index (χ0v) is 22.7. The van der Waals surface area contributed by atoms with Crippen molar-refractivity contribution in [2.24, 2.45) is 0 Å². The molecule has 1 amide bonds. The molecule has 0 aliphatic carbocycles. The van der Waals surface area contributed by atoms with Crippen LogP contribution in [0.15, 0.2) is 71.6 Å². The van der Waals surface area contributed by atoms with Gasteiger partial charge in [0.2, 0.25) is 5.91 Å². The van der Waals surface area contributed by atoms with Crippen molar-refractivity contribution < 1.29 is 17.9 Å². The Bertz CT molecular complexity index is 1280. The summed E-state index contributed by atoms with van der Waals surface area (Å²) in [5, 5.41) is 3.02. The largest absolute Gasteiger partial charge is 0.496 e. The summed E-state index contributed by atoms with van der Waals surface area (Å²) in [4.78, 5) is 13.4. The molecule has 3 aromatic rings. The highest BCUT2D eigenvalue weighted by Gasteiger charge is 2.28. The summed E-state index contributed by atoms with van der Waals surface area (Å²) in [6.07, 6.45) is 0.658. The molecule has 0 heterocycles. The monoisotopic (exact) mass is 508 g/mol. The minimum Gasteiger partial charge on any atom is -0.496 e. The average Bonchev–Trinajstić information content (AvgIpc) is 2.86. The van der Waals surface area contributed by atoms with Gasteiger partial charge in [-0.1, -0.05) is 62.7 Å². The van der Waals surface area contributed by atoms with Crippen molar-refractivity contribution in [2.75, 3.05) is 18.0 Å². The minimum atomic E-state index is -3.97. The standard InChI is InChI=1S/C29H36N2O4S/c1-7-27(24-12-17-28(35-6)22(5)18-24)30-29(32)19-31(25-13-10-23(11-14-25)20(2)3)36(33,34)26-15-8-21(4)9-16-26/h8-18,20,27H,7,19H2,1-6H3,(H,30,32)/t27-/m0/s1. The summed E-state index contributed by atoms with van der Waals surface area (Å²) in [5.74, 6) is 0.710. The number of benzene rings is 3. The van der Waals surface area contributed by atoms with Gasteiger partial charge in [-0.05, 0) is 73.2 Å². The van der Waals surface area contributed by atoms with E-state index in [1.165, 1.54) is 4.31 Å². The van der Waals surface area contributed by atoms with E-state index in [1.807, 2.05) is 51.1 Å². The lowest BCUT2D eigenvalue weighted by atomic mass is 10.0. The third kappa shape index (κ3) is 6.26. The van der Waals surface area contributed by atoms with Gasteiger partial charge in [0.05, 0.1) is 23.7 Å². The number of methoxy groups -OCH3 is 1. The predicted molar refractivity (Wildman–Crippen MR) is 145 cm³/mol. The molecule has 0 aliphatic heterocycles. The Labute approximate surface area is 215 Å². The van der Waals surface area contributed by atoms with Gasteiger partial charge in [-0.25, -0.2) is 8.42 Å². The predicted octanol–water partition coefficient (Wildman–Crippen LogP) is 5.90. The van der Waals surface area contributed by atoms with Crippen molar-refractivity contribution in [1.29, 1.82) is 0 Å². The van der Waals surface area contributed by atoms with Crippen molar-refractivity contribution in [3.05, 3.63) is 89.0 Å². The number of anilines is 1. The van der Waals surface area contributed by atoms with Crippen molar-refractivity contribution >= 4 is 21.6 Å². The van der Waals surface area contributed by atoms with Gasteiger partial charge in [-0.3, -0.25) is 9.10 Å². The molecule has 7 heteroatoms. The molecule has 192 valence electrons. The van der Waals surface area contributed by atoms with Crippen LogP contribution in [-0.4, -0.2) is 28.0 Å². The van der Waals surface area contributed by atoms with Gasteiger partial charge in [0, 0.05) is 0 Å². The van der Waals surface area contributed by atoms with E-state index in [1.54, 1.807) is 43.5 Å². The summed E-state index contributed by atoms with van der Waals surface area (Å²) in [6, 6.07) is 19.5. The second kappa shape index (κ2) is 11.6. The fourth-order valence-corrected chi connectivity index (χ4v) is 5.51. The fraction of sp³-hybridized carbons (Fsp3) is 0.345. The maximum Gasteiger partial charge on any atom is 0.264 e. The number of aryl methyl sites for hydroxylation is 2. The first-order valence-electron chi connectivity index (χ1n) is 12.2. The highest BCUT2D eigenvalue weighted by Crippen LogP contribution is 2.27. The number of hydrogen-bond donors (Lipinski definition) is 1. The van der Waals surface area contributed by atoms with Gasteiger partial charge in [0.25, 0.3) is 10.0 Å². The van der Waals surface area contributed by atoms with Crippen LogP contribution in [0.1, 0.15) is 61.4 Å². The van der Waals surface area contributed by atoms with Crippen LogP contribution in [0.2, 0.25) is 0 Å².